The predicted molar refractivity (Wildman–Crippen MR) is 344 cm³/mol. The zero-order chi connectivity index (χ0) is 64.0. The minimum atomic E-state index is -3.45. The van der Waals surface area contributed by atoms with Gasteiger partial charge in [-0.1, -0.05) is 224 Å². The van der Waals surface area contributed by atoms with Crippen LogP contribution in [-0.2, 0) is 92.5 Å². The van der Waals surface area contributed by atoms with E-state index < -0.39 is 117 Å². The Hall–Kier alpha value is -6.99. The summed E-state index contributed by atoms with van der Waals surface area (Å²) >= 11 is 3.57. The Labute approximate surface area is 544 Å². The number of fused-ring (bicyclic) bond motifs is 2. The third-order valence-electron chi connectivity index (χ3n) is 16.8. The van der Waals surface area contributed by atoms with Gasteiger partial charge in [0.1, 0.15) is 73.7 Å². The van der Waals surface area contributed by atoms with Gasteiger partial charge in [0.25, 0.3) is 8.32 Å². The first-order valence-electron chi connectivity index (χ1n) is 30.8. The van der Waals surface area contributed by atoms with Crippen molar-refractivity contribution < 1.29 is 76.0 Å². The van der Waals surface area contributed by atoms with Crippen LogP contribution in [0.4, 0.5) is 0 Å². The summed E-state index contributed by atoms with van der Waals surface area (Å²) in [5.41, 5.74) is 14.3. The predicted octanol–water partition coefficient (Wildman–Crippen LogP) is 10.5. The van der Waals surface area contributed by atoms with Crippen molar-refractivity contribution in [2.24, 2.45) is 5.11 Å². The molecular formula is C71H76BrN3O16Si. The van der Waals surface area contributed by atoms with Crippen molar-refractivity contribution in [1.29, 1.82) is 0 Å². The van der Waals surface area contributed by atoms with Crippen molar-refractivity contribution in [2.45, 2.75) is 151 Å². The van der Waals surface area contributed by atoms with Crippen molar-refractivity contribution in [2.75, 3.05) is 19.8 Å². The molecule has 0 unspecified atom stereocenters. The Morgan fingerprint density at radius 1 is 0.565 bits per heavy atom. The number of benzene rings is 7. The number of esters is 2. The molecule has 0 amide bonds. The molecule has 1 N–H and O–H groups in total. The summed E-state index contributed by atoms with van der Waals surface area (Å²) in [6.07, 6.45) is -17.2. The van der Waals surface area contributed by atoms with E-state index in [-0.39, 0.29) is 46.2 Å². The lowest BCUT2D eigenvalue weighted by Crippen LogP contribution is -2.69. The lowest BCUT2D eigenvalue weighted by Gasteiger charge is -2.51. The van der Waals surface area contributed by atoms with Gasteiger partial charge in [0, 0.05) is 16.3 Å². The minimum Gasteiger partial charge on any atom is -0.463 e. The Kier molecular flexibility index (Phi) is 22.6. The zero-order valence-corrected chi connectivity index (χ0v) is 54.1. The van der Waals surface area contributed by atoms with E-state index in [1.807, 2.05) is 152 Å². The number of aliphatic hydroxyl groups is 1. The molecule has 11 rings (SSSR count). The lowest BCUT2D eigenvalue weighted by atomic mass is 9.94. The Morgan fingerprint density at radius 2 is 1.03 bits per heavy atom. The van der Waals surface area contributed by atoms with Gasteiger partial charge in [0.15, 0.2) is 25.0 Å². The molecule has 7 aromatic carbocycles. The maximum Gasteiger partial charge on any atom is 0.338 e. The van der Waals surface area contributed by atoms with Gasteiger partial charge in [0.05, 0.1) is 45.2 Å². The van der Waals surface area contributed by atoms with Crippen LogP contribution >= 0.6 is 15.9 Å². The number of carbonyl (C=O) groups is 2. The average Bonchev–Trinajstić information content (AvgIpc) is 0.956. The van der Waals surface area contributed by atoms with Crippen LogP contribution in [0.1, 0.15) is 60.3 Å². The Balaban J connectivity index is 1.03. The molecule has 4 fully saturated rings. The number of nitrogens with zero attached hydrogens (tertiary/aromatic N) is 3. The van der Waals surface area contributed by atoms with Gasteiger partial charge < -0.3 is 66.4 Å². The molecule has 4 aliphatic rings. The van der Waals surface area contributed by atoms with Gasteiger partial charge in [-0.05, 0) is 67.5 Å². The summed E-state index contributed by atoms with van der Waals surface area (Å²) in [5, 5.41) is 18.9. The first kappa shape index (κ1) is 66.5. The summed E-state index contributed by atoms with van der Waals surface area (Å²) in [6.45, 7) is 7.35. The van der Waals surface area contributed by atoms with Gasteiger partial charge >= 0.3 is 11.9 Å². The van der Waals surface area contributed by atoms with Gasteiger partial charge in [-0.15, -0.1) is 0 Å². The number of hydrogen-bond donors (Lipinski definition) is 1. The summed E-state index contributed by atoms with van der Waals surface area (Å²) < 4.78 is 89.5. The molecule has 482 valence electrons. The van der Waals surface area contributed by atoms with Gasteiger partial charge in [-0.3, -0.25) is 4.79 Å². The molecule has 4 heterocycles. The number of azide groups is 1. The number of aliphatic hydroxyl groups excluding tert-OH is 1. The maximum absolute atomic E-state index is 14.1. The summed E-state index contributed by atoms with van der Waals surface area (Å²) in [5.74, 6) is -1.23. The van der Waals surface area contributed by atoms with Crippen LogP contribution in [0.2, 0.25) is 5.04 Å². The van der Waals surface area contributed by atoms with E-state index in [0.717, 1.165) is 37.1 Å². The first-order chi connectivity index (χ1) is 44.8. The number of carbonyl (C=O) groups excluding carboxylic acids is 2. The first-order valence-corrected chi connectivity index (χ1v) is 33.5. The second kappa shape index (κ2) is 31.3. The fourth-order valence-electron chi connectivity index (χ4n) is 12.3. The van der Waals surface area contributed by atoms with E-state index in [1.54, 1.807) is 30.3 Å². The van der Waals surface area contributed by atoms with Crippen LogP contribution < -0.4 is 10.4 Å². The maximum atomic E-state index is 14.1. The highest BCUT2D eigenvalue weighted by Gasteiger charge is 2.59. The van der Waals surface area contributed by atoms with E-state index in [4.69, 9.17) is 61.3 Å². The molecule has 92 heavy (non-hydrogen) atoms. The summed E-state index contributed by atoms with van der Waals surface area (Å²) in [4.78, 5) is 30.2. The van der Waals surface area contributed by atoms with Crippen molar-refractivity contribution in [3.05, 3.63) is 249 Å². The van der Waals surface area contributed by atoms with E-state index >= 15 is 0 Å². The monoisotopic (exact) mass is 1330 g/mol. The molecule has 2 bridgehead atoms. The van der Waals surface area contributed by atoms with E-state index in [9.17, 15) is 20.2 Å². The molecule has 4 saturated heterocycles. The molecule has 0 aromatic heterocycles. The van der Waals surface area contributed by atoms with Gasteiger partial charge in [0.2, 0.25) is 0 Å². The smallest absolute Gasteiger partial charge is 0.338 e. The zero-order valence-electron chi connectivity index (χ0n) is 51.5. The number of rotatable bonds is 26. The molecule has 0 saturated carbocycles. The van der Waals surface area contributed by atoms with Crippen LogP contribution in [0.5, 0.6) is 0 Å². The SMILES string of the molecule is CC(=O)OC[C@H]1O[C@@H](O[C@H]2[C@H](OCc3ccc(Br)cc3)[C@@H](N=[N+]=[N-])[C@@H](O[C@H]3[C@H](OCc4ccccc4)[C@@H](OC(=O)c4ccccc4)[C@H]4OC[C@@H]3O4)O[C@@H]2CO[Si](c2ccccc2)(c2ccccc2)C(C)(C)C)[C@H](O)[C@@H](OCc2ccccc2)[C@@H]1OCc1ccccc1. The Morgan fingerprint density at radius 3 is 1.57 bits per heavy atom. The molecule has 19 nitrogen and oxygen atoms in total. The second-order valence-electron chi connectivity index (χ2n) is 24.0. The quantitative estimate of drug-likeness (QED) is 0.0175. The molecule has 4 aliphatic heterocycles. The molecule has 15 atom stereocenters. The van der Waals surface area contributed by atoms with Crippen molar-refractivity contribution in [3.8, 4) is 0 Å². The number of halogens is 1. The molecule has 0 radical (unpaired) electrons. The summed E-state index contributed by atoms with van der Waals surface area (Å²) in [6, 6.07) is 63.4. The fraction of sp³-hybridized carbons (Fsp3) is 0.380. The molecule has 21 heteroatoms. The number of hydrogen-bond acceptors (Lipinski definition) is 17. The van der Waals surface area contributed by atoms with Crippen LogP contribution in [0.25, 0.3) is 10.4 Å². The summed E-state index contributed by atoms with van der Waals surface area (Å²) in [7, 11) is -3.45. The van der Waals surface area contributed by atoms with Crippen molar-refractivity contribution >= 4 is 46.6 Å². The molecule has 7 aromatic rings. The van der Waals surface area contributed by atoms with E-state index in [2.05, 4.69) is 71.0 Å². The van der Waals surface area contributed by atoms with E-state index in [1.165, 1.54) is 6.92 Å². The topological polar surface area (TPSA) is 223 Å². The average molecular weight is 1340 g/mol. The minimum absolute atomic E-state index is 0.00340. The van der Waals surface area contributed by atoms with Gasteiger partial charge in [-0.25, -0.2) is 4.79 Å². The molecule has 0 aliphatic carbocycles. The molecular weight excluding hydrogens is 1260 g/mol. The van der Waals surface area contributed by atoms with Crippen LogP contribution in [0, 0.1) is 0 Å². The highest BCUT2D eigenvalue weighted by molar-refractivity contribution is 9.10. The van der Waals surface area contributed by atoms with Crippen molar-refractivity contribution in [1.82, 2.24) is 0 Å². The largest absolute Gasteiger partial charge is 0.463 e. The normalized spacial score (nSPS) is 27.1. The Bertz CT molecular complexity index is 3450. The standard InChI is InChI=1S/C71H76BrN3O16Si/c1-46(76)79-43-55-60(80-39-47-23-11-5-12-24-47)64(82-40-48-25-13-6-14-26-48)59(77)69(87-55)91-61-57(45-85-92(71(2,3)4,53-31-19-9-20-32-53)54-33-21-10-22-34-54)86-68(58(74-75-73)63(61)81-42-50-35-37-52(72)38-36-50)90-62-56-44-84-70(88-56)66(89-67(78)51-29-17-8-18-30-51)65(62)83-41-49-27-15-7-16-28-49/h5-38,55-66,68-70,77H,39-45H2,1-4H3/t55-,56+,57-,58-,59-,60-,61-,62-,63-,64-,65+,66-,68-,69+,70+/m1/s1. The third kappa shape index (κ3) is 16.0. The highest BCUT2D eigenvalue weighted by Crippen LogP contribution is 2.42. The molecule has 0 spiro atoms. The lowest BCUT2D eigenvalue weighted by molar-refractivity contribution is -0.365. The van der Waals surface area contributed by atoms with E-state index in [0.29, 0.717) is 5.56 Å². The van der Waals surface area contributed by atoms with Crippen molar-refractivity contribution in [3.63, 3.8) is 0 Å². The number of ether oxygens (including phenoxy) is 12. The third-order valence-corrected chi connectivity index (χ3v) is 22.3. The second-order valence-corrected chi connectivity index (χ2v) is 29.3. The van der Waals surface area contributed by atoms with Crippen LogP contribution in [0.3, 0.4) is 0 Å². The van der Waals surface area contributed by atoms with Crippen LogP contribution in [0.15, 0.2) is 216 Å². The highest BCUT2D eigenvalue weighted by atomic mass is 79.9. The van der Waals surface area contributed by atoms with Crippen LogP contribution in [-0.4, -0.2) is 137 Å². The van der Waals surface area contributed by atoms with Gasteiger partial charge in [-0.2, -0.15) is 0 Å². The fourth-order valence-corrected chi connectivity index (χ4v) is 17.2.